The Hall–Kier alpha value is -3.61. The Labute approximate surface area is 226 Å². The third-order valence-corrected chi connectivity index (χ3v) is 6.91. The van der Waals surface area contributed by atoms with Crippen molar-refractivity contribution in [3.05, 3.63) is 52.6 Å². The van der Waals surface area contributed by atoms with E-state index >= 15 is 0 Å². The molecular weight excluding hydrogens is 542 g/mol. The first kappa shape index (κ1) is 28.4. The molecule has 0 saturated carbocycles. The van der Waals surface area contributed by atoms with Crippen LogP contribution in [0.15, 0.2) is 24.8 Å². The number of nitrogens with zero attached hydrogens (tertiary/aromatic N) is 4. The van der Waals surface area contributed by atoms with Crippen molar-refractivity contribution < 1.29 is 27.2 Å². The van der Waals surface area contributed by atoms with E-state index in [-0.39, 0.29) is 30.9 Å². The van der Waals surface area contributed by atoms with E-state index in [0.717, 1.165) is 21.1 Å². The zero-order chi connectivity index (χ0) is 28.9. The highest BCUT2D eigenvalue weighted by atomic mass is 35.5. The Morgan fingerprint density at radius 3 is 2.56 bits per heavy atom. The first-order valence-electron chi connectivity index (χ1n) is 12.0. The number of aromatic nitrogens is 4. The molecule has 4 rings (SSSR count). The summed E-state index contributed by atoms with van der Waals surface area (Å²) in [5.41, 5.74) is -0.943. The van der Waals surface area contributed by atoms with Crippen LogP contribution in [0.5, 0.6) is 0 Å². The summed E-state index contributed by atoms with van der Waals surface area (Å²) in [7, 11) is 1.27. The summed E-state index contributed by atoms with van der Waals surface area (Å²) in [4.78, 5) is 29.5. The first-order chi connectivity index (χ1) is 18.1. The number of hydrogen-bond donors (Lipinski definition) is 3. The molecule has 3 N–H and O–H groups in total. The number of halogens is 5. The normalized spacial score (nSPS) is 18.0. The second-order valence-corrected chi connectivity index (χ2v) is 10.8. The number of hydrogen-bond acceptors (Lipinski definition) is 5. The number of alkyl halides is 4. The zero-order valence-electron chi connectivity index (χ0n) is 21.7. The highest BCUT2D eigenvalue weighted by Crippen LogP contribution is 2.35. The standard InChI is InChI=1S/C25H28ClF4N7O2/c1-6-19(38)37-10-15(27)17(11-37)32-23(39)20-21(25(28,29)30)33-18(36(20)5)9-31-22-12-7-13(24(2,3)4)14(26)8-16(12)34-35-22/h6-8,15,17H,1,9-11H2,2-5H3,(H,32,39)(H2,31,34,35)/t15-,17-/m0/s1. The molecular formula is C25H28ClF4N7O2. The lowest BCUT2D eigenvalue weighted by molar-refractivity contribution is -0.141. The fourth-order valence-electron chi connectivity index (χ4n) is 4.52. The monoisotopic (exact) mass is 569 g/mol. The van der Waals surface area contributed by atoms with Crippen LogP contribution in [0.2, 0.25) is 5.02 Å². The van der Waals surface area contributed by atoms with Gasteiger partial charge in [0.2, 0.25) is 5.91 Å². The summed E-state index contributed by atoms with van der Waals surface area (Å²) in [6, 6.07) is 2.40. The van der Waals surface area contributed by atoms with E-state index in [2.05, 4.69) is 32.4 Å². The summed E-state index contributed by atoms with van der Waals surface area (Å²) < 4.78 is 57.1. The lowest BCUT2D eigenvalue weighted by Gasteiger charge is -2.20. The van der Waals surface area contributed by atoms with Crippen LogP contribution in [0.25, 0.3) is 10.9 Å². The molecule has 1 saturated heterocycles. The molecule has 9 nitrogen and oxygen atoms in total. The number of nitrogens with one attached hydrogen (secondary N) is 3. The van der Waals surface area contributed by atoms with Gasteiger partial charge < -0.3 is 20.1 Å². The van der Waals surface area contributed by atoms with E-state index in [1.165, 1.54) is 7.05 Å². The lowest BCUT2D eigenvalue weighted by Crippen LogP contribution is -2.43. The van der Waals surface area contributed by atoms with Gasteiger partial charge in [0.1, 0.15) is 17.7 Å². The molecule has 0 spiro atoms. The topological polar surface area (TPSA) is 108 Å². The van der Waals surface area contributed by atoms with Crippen molar-refractivity contribution in [2.45, 2.75) is 51.1 Å². The maximum atomic E-state index is 14.5. The Bertz CT molecular complexity index is 1440. The predicted molar refractivity (Wildman–Crippen MR) is 138 cm³/mol. The Morgan fingerprint density at radius 2 is 1.95 bits per heavy atom. The van der Waals surface area contributed by atoms with Crippen LogP contribution in [0.4, 0.5) is 23.4 Å². The molecule has 2 aromatic heterocycles. The van der Waals surface area contributed by atoms with Crippen LogP contribution in [0.3, 0.4) is 0 Å². The molecule has 0 radical (unpaired) electrons. The van der Waals surface area contributed by atoms with Gasteiger partial charge in [0.25, 0.3) is 5.91 Å². The summed E-state index contributed by atoms with van der Waals surface area (Å²) in [6.45, 7) is 8.63. The number of amides is 2. The highest BCUT2D eigenvalue weighted by Gasteiger charge is 2.42. The van der Waals surface area contributed by atoms with E-state index < -0.39 is 41.6 Å². The molecule has 2 amide bonds. The van der Waals surface area contributed by atoms with E-state index in [1.807, 2.05) is 26.8 Å². The highest BCUT2D eigenvalue weighted by molar-refractivity contribution is 6.32. The van der Waals surface area contributed by atoms with Crippen molar-refractivity contribution in [2.24, 2.45) is 7.05 Å². The number of aromatic amines is 1. The zero-order valence-corrected chi connectivity index (χ0v) is 22.5. The summed E-state index contributed by atoms with van der Waals surface area (Å²) >= 11 is 6.41. The molecule has 39 heavy (non-hydrogen) atoms. The number of imidazole rings is 1. The Morgan fingerprint density at radius 1 is 1.26 bits per heavy atom. The molecule has 14 heteroatoms. The predicted octanol–water partition coefficient (Wildman–Crippen LogP) is 4.34. The number of H-pyrrole nitrogens is 1. The summed E-state index contributed by atoms with van der Waals surface area (Å²) in [5.74, 6) is -1.42. The van der Waals surface area contributed by atoms with Crippen LogP contribution in [-0.2, 0) is 30.0 Å². The quantitative estimate of drug-likeness (QED) is 0.302. The molecule has 3 heterocycles. The average molecular weight is 570 g/mol. The first-order valence-corrected chi connectivity index (χ1v) is 12.4. The third kappa shape index (κ3) is 5.58. The number of likely N-dealkylation sites (tertiary alicyclic amines) is 1. The maximum Gasteiger partial charge on any atom is 0.435 e. The van der Waals surface area contributed by atoms with Gasteiger partial charge in [-0.15, -0.1) is 0 Å². The van der Waals surface area contributed by atoms with Gasteiger partial charge in [-0.1, -0.05) is 39.0 Å². The number of rotatable bonds is 6. The molecule has 0 unspecified atom stereocenters. The van der Waals surface area contributed by atoms with Gasteiger partial charge in [-0.25, -0.2) is 9.37 Å². The van der Waals surface area contributed by atoms with Gasteiger partial charge in [0, 0.05) is 24.0 Å². The van der Waals surface area contributed by atoms with E-state index in [4.69, 9.17) is 11.6 Å². The molecule has 3 aromatic rings. The van der Waals surface area contributed by atoms with E-state index in [1.54, 1.807) is 6.07 Å². The van der Waals surface area contributed by atoms with Crippen LogP contribution >= 0.6 is 11.6 Å². The van der Waals surface area contributed by atoms with Crippen molar-refractivity contribution in [3.8, 4) is 0 Å². The van der Waals surface area contributed by atoms with Crippen molar-refractivity contribution in [3.63, 3.8) is 0 Å². The smallest absolute Gasteiger partial charge is 0.361 e. The van der Waals surface area contributed by atoms with Gasteiger partial charge in [-0.05, 0) is 29.2 Å². The SMILES string of the molecule is C=CC(=O)N1C[C@H](NC(=O)c2c(C(F)(F)F)nc(CNc3n[nH]c4cc(Cl)c(C(C)(C)C)cc34)n2C)[C@@H](F)C1. The van der Waals surface area contributed by atoms with Gasteiger partial charge in [-0.3, -0.25) is 14.7 Å². The number of benzene rings is 1. The van der Waals surface area contributed by atoms with Gasteiger partial charge >= 0.3 is 6.18 Å². The van der Waals surface area contributed by atoms with Gasteiger partial charge in [0.05, 0.1) is 24.6 Å². The van der Waals surface area contributed by atoms with Crippen LogP contribution in [0.1, 0.15) is 48.3 Å². The summed E-state index contributed by atoms with van der Waals surface area (Å²) in [6.07, 6.45) is -5.60. The molecule has 0 aliphatic carbocycles. The Kier molecular flexibility index (Phi) is 7.41. The summed E-state index contributed by atoms with van der Waals surface area (Å²) in [5, 5.41) is 13.5. The van der Waals surface area contributed by atoms with E-state index in [9.17, 15) is 27.2 Å². The largest absolute Gasteiger partial charge is 0.435 e. The fourth-order valence-corrected chi connectivity index (χ4v) is 4.96. The molecule has 1 fully saturated rings. The lowest BCUT2D eigenvalue weighted by atomic mass is 9.86. The van der Waals surface area contributed by atoms with E-state index in [0.29, 0.717) is 21.7 Å². The van der Waals surface area contributed by atoms with Gasteiger partial charge in [-0.2, -0.15) is 18.3 Å². The number of carbonyl (C=O) groups is 2. The molecule has 2 atom stereocenters. The molecule has 0 bridgehead atoms. The van der Waals surface area contributed by atoms with Crippen molar-refractivity contribution in [2.75, 3.05) is 18.4 Å². The number of anilines is 1. The average Bonchev–Trinajstić information content (AvgIpc) is 3.50. The minimum Gasteiger partial charge on any atom is -0.361 e. The number of fused-ring (bicyclic) bond motifs is 1. The number of carbonyl (C=O) groups excluding carboxylic acids is 2. The van der Waals surface area contributed by atoms with Crippen molar-refractivity contribution in [1.82, 2.24) is 30.0 Å². The Balaban J connectivity index is 1.60. The minimum atomic E-state index is -4.95. The van der Waals surface area contributed by atoms with Crippen molar-refractivity contribution >= 4 is 40.1 Å². The van der Waals surface area contributed by atoms with Crippen LogP contribution in [-0.4, -0.2) is 61.8 Å². The van der Waals surface area contributed by atoms with Crippen molar-refractivity contribution in [1.29, 1.82) is 0 Å². The molecule has 1 aromatic carbocycles. The molecule has 210 valence electrons. The molecule has 1 aliphatic heterocycles. The molecule has 1 aliphatic rings. The maximum absolute atomic E-state index is 14.5. The van der Waals surface area contributed by atoms with Gasteiger partial charge in [0.15, 0.2) is 11.5 Å². The van der Waals surface area contributed by atoms with Crippen LogP contribution in [0, 0.1) is 0 Å². The van der Waals surface area contributed by atoms with Crippen LogP contribution < -0.4 is 10.6 Å². The second kappa shape index (κ2) is 10.2. The second-order valence-electron chi connectivity index (χ2n) is 10.4. The minimum absolute atomic E-state index is 0.0969. The fraction of sp³-hybridized carbons (Fsp3) is 0.440. The third-order valence-electron chi connectivity index (χ3n) is 6.60.